The fourth-order valence-corrected chi connectivity index (χ4v) is 2.88. The smallest absolute Gasteiger partial charge is 0.330 e. The second kappa shape index (κ2) is 5.96. The van der Waals surface area contributed by atoms with Crippen molar-refractivity contribution in [1.29, 1.82) is 0 Å². The summed E-state index contributed by atoms with van der Waals surface area (Å²) in [7, 11) is 1.67. The number of amides is 1. The third-order valence-electron chi connectivity index (χ3n) is 3.77. The lowest BCUT2D eigenvalue weighted by Gasteiger charge is -2.16. The molecule has 0 unspecified atom stereocenters. The molecule has 0 spiro atoms. The number of carboxylic acid groups (broad SMARTS) is 1. The predicted octanol–water partition coefficient (Wildman–Crippen LogP) is 2.17. The van der Waals surface area contributed by atoms with Crippen molar-refractivity contribution in [3.8, 4) is 5.75 Å². The number of hydrogen-bond donors (Lipinski definition) is 2. The number of nitrogens with zero attached hydrogens (tertiary/aromatic N) is 1. The summed E-state index contributed by atoms with van der Waals surface area (Å²) < 4.78 is 6.96. The van der Waals surface area contributed by atoms with E-state index in [0.29, 0.717) is 22.9 Å². The molecule has 1 aliphatic heterocycles. The summed E-state index contributed by atoms with van der Waals surface area (Å²) >= 11 is 5.86. The van der Waals surface area contributed by atoms with Gasteiger partial charge in [0.2, 0.25) is 0 Å². The van der Waals surface area contributed by atoms with E-state index in [0.717, 1.165) is 17.7 Å². The van der Waals surface area contributed by atoms with E-state index in [1.54, 1.807) is 36.0 Å². The van der Waals surface area contributed by atoms with Gasteiger partial charge in [0.05, 0.1) is 11.6 Å². The lowest BCUT2D eigenvalue weighted by molar-refractivity contribution is -0.139. The molecule has 2 N–H and O–H groups in total. The van der Waals surface area contributed by atoms with Crippen molar-refractivity contribution < 1.29 is 19.4 Å². The Bertz CT molecular complexity index is 784. The molecule has 2 aromatic rings. The summed E-state index contributed by atoms with van der Waals surface area (Å²) in [6.07, 6.45) is 2.32. The Hall–Kier alpha value is -2.47. The maximum atomic E-state index is 12.3. The van der Waals surface area contributed by atoms with Crippen LogP contribution in [0.2, 0.25) is 5.02 Å². The molecule has 0 saturated carbocycles. The molecule has 1 amide bonds. The number of hydrogen-bond acceptors (Lipinski definition) is 3. The number of carboxylic acids is 1. The van der Waals surface area contributed by atoms with E-state index in [2.05, 4.69) is 5.32 Å². The third-order valence-corrected chi connectivity index (χ3v) is 3.98. The Morgan fingerprint density at radius 2 is 2.17 bits per heavy atom. The molecule has 0 aliphatic carbocycles. The fourth-order valence-electron chi connectivity index (χ4n) is 2.63. The van der Waals surface area contributed by atoms with E-state index in [1.807, 2.05) is 0 Å². The number of fused-ring (bicyclic) bond motifs is 1. The molecule has 1 atom stereocenters. The fraction of sp³-hybridized carbons (Fsp3) is 0.250. The number of halogens is 1. The van der Waals surface area contributed by atoms with Gasteiger partial charge in [-0.1, -0.05) is 17.7 Å². The Balaban J connectivity index is 1.86. The summed E-state index contributed by atoms with van der Waals surface area (Å²) in [4.78, 5) is 23.9. The van der Waals surface area contributed by atoms with Crippen LogP contribution >= 0.6 is 11.6 Å². The van der Waals surface area contributed by atoms with Crippen molar-refractivity contribution in [3.05, 3.63) is 52.3 Å². The lowest BCUT2D eigenvalue weighted by atomic mass is 10.0. The standard InChI is InChI=1S/C16H15ClN2O4/c1-19-8-11(17)7-12(19)15(20)18-14(16(21)22)10-2-3-13-9(6-10)4-5-23-13/h2-3,6-8,14H,4-5H2,1H3,(H,18,20)(H,21,22)/t14-/m0/s1. The maximum absolute atomic E-state index is 12.3. The van der Waals surface area contributed by atoms with Crippen LogP contribution in [0.15, 0.2) is 30.5 Å². The van der Waals surface area contributed by atoms with Crippen molar-refractivity contribution in [3.63, 3.8) is 0 Å². The highest BCUT2D eigenvalue weighted by molar-refractivity contribution is 6.31. The number of carbonyl (C=O) groups excluding carboxylic acids is 1. The Morgan fingerprint density at radius 1 is 1.39 bits per heavy atom. The van der Waals surface area contributed by atoms with Crippen LogP contribution in [-0.4, -0.2) is 28.2 Å². The quantitative estimate of drug-likeness (QED) is 0.898. The first-order chi connectivity index (χ1) is 11.0. The van der Waals surface area contributed by atoms with Gasteiger partial charge in [0.15, 0.2) is 6.04 Å². The second-order valence-electron chi connectivity index (χ2n) is 5.36. The maximum Gasteiger partial charge on any atom is 0.330 e. The first-order valence-electron chi connectivity index (χ1n) is 7.07. The van der Waals surface area contributed by atoms with E-state index < -0.39 is 17.9 Å². The van der Waals surface area contributed by atoms with Crippen molar-refractivity contribution in [2.45, 2.75) is 12.5 Å². The van der Waals surface area contributed by atoms with Gasteiger partial charge in [-0.3, -0.25) is 4.79 Å². The molecule has 1 aromatic heterocycles. The van der Waals surface area contributed by atoms with E-state index in [-0.39, 0.29) is 0 Å². The SMILES string of the molecule is Cn1cc(Cl)cc1C(=O)N[C@H](C(=O)O)c1ccc2c(c1)CCO2. The number of benzene rings is 1. The van der Waals surface area contributed by atoms with E-state index in [1.165, 1.54) is 6.07 Å². The summed E-state index contributed by atoms with van der Waals surface area (Å²) in [5, 5.41) is 12.4. The van der Waals surface area contributed by atoms with Gasteiger partial charge in [-0.05, 0) is 29.3 Å². The van der Waals surface area contributed by atoms with E-state index >= 15 is 0 Å². The summed E-state index contributed by atoms with van der Waals surface area (Å²) in [6, 6.07) is 5.51. The van der Waals surface area contributed by atoms with Crippen molar-refractivity contribution in [1.82, 2.24) is 9.88 Å². The summed E-state index contributed by atoms with van der Waals surface area (Å²) in [5.41, 5.74) is 1.76. The van der Waals surface area contributed by atoms with E-state index in [9.17, 15) is 14.7 Å². The van der Waals surface area contributed by atoms with Crippen LogP contribution in [0.25, 0.3) is 0 Å². The van der Waals surface area contributed by atoms with Gasteiger partial charge in [0, 0.05) is 19.7 Å². The molecule has 0 fully saturated rings. The summed E-state index contributed by atoms with van der Waals surface area (Å²) in [5.74, 6) is -0.862. The number of aryl methyl sites for hydroxylation is 1. The predicted molar refractivity (Wildman–Crippen MR) is 83.9 cm³/mol. The van der Waals surface area contributed by atoms with Crippen LogP contribution in [0.3, 0.4) is 0 Å². The van der Waals surface area contributed by atoms with Crippen LogP contribution in [0.1, 0.15) is 27.7 Å². The van der Waals surface area contributed by atoms with Gasteiger partial charge in [0.1, 0.15) is 11.4 Å². The molecule has 120 valence electrons. The van der Waals surface area contributed by atoms with Crippen molar-refractivity contribution in [2.24, 2.45) is 7.05 Å². The minimum absolute atomic E-state index is 0.297. The number of aliphatic carboxylic acids is 1. The highest BCUT2D eigenvalue weighted by Crippen LogP contribution is 2.28. The largest absolute Gasteiger partial charge is 0.493 e. The second-order valence-corrected chi connectivity index (χ2v) is 5.80. The molecule has 23 heavy (non-hydrogen) atoms. The Morgan fingerprint density at radius 3 is 2.83 bits per heavy atom. The lowest BCUT2D eigenvalue weighted by Crippen LogP contribution is -2.34. The molecule has 0 radical (unpaired) electrons. The van der Waals surface area contributed by atoms with Crippen LogP contribution < -0.4 is 10.1 Å². The van der Waals surface area contributed by atoms with Crippen molar-refractivity contribution >= 4 is 23.5 Å². The number of ether oxygens (including phenoxy) is 1. The molecule has 7 heteroatoms. The molecule has 1 aromatic carbocycles. The topological polar surface area (TPSA) is 80.6 Å². The van der Waals surface area contributed by atoms with Gasteiger partial charge in [-0.25, -0.2) is 4.79 Å². The molecule has 3 rings (SSSR count). The van der Waals surface area contributed by atoms with Gasteiger partial charge in [-0.15, -0.1) is 0 Å². The molecule has 6 nitrogen and oxygen atoms in total. The van der Waals surface area contributed by atoms with Gasteiger partial charge in [-0.2, -0.15) is 0 Å². The zero-order chi connectivity index (χ0) is 16.6. The highest BCUT2D eigenvalue weighted by Gasteiger charge is 2.25. The first kappa shape index (κ1) is 15.4. The van der Waals surface area contributed by atoms with Crippen LogP contribution in [0.4, 0.5) is 0 Å². The molecule has 1 aliphatic rings. The Labute approximate surface area is 137 Å². The average Bonchev–Trinajstić information content (AvgIpc) is 3.09. The first-order valence-corrected chi connectivity index (χ1v) is 7.44. The zero-order valence-corrected chi connectivity index (χ0v) is 13.1. The van der Waals surface area contributed by atoms with Crippen molar-refractivity contribution in [2.75, 3.05) is 6.61 Å². The van der Waals surface area contributed by atoms with Crippen LogP contribution in [-0.2, 0) is 18.3 Å². The van der Waals surface area contributed by atoms with Gasteiger partial charge in [0.25, 0.3) is 5.91 Å². The molecule has 0 saturated heterocycles. The van der Waals surface area contributed by atoms with Gasteiger partial charge >= 0.3 is 5.97 Å². The zero-order valence-electron chi connectivity index (χ0n) is 12.4. The van der Waals surface area contributed by atoms with E-state index in [4.69, 9.17) is 16.3 Å². The normalized spacial score (nSPS) is 14.0. The number of rotatable bonds is 4. The molecule has 2 heterocycles. The number of aromatic nitrogens is 1. The molecular weight excluding hydrogens is 320 g/mol. The molecular formula is C16H15ClN2O4. The monoisotopic (exact) mass is 334 g/mol. The highest BCUT2D eigenvalue weighted by atomic mass is 35.5. The minimum atomic E-state index is -1.14. The van der Waals surface area contributed by atoms with Crippen LogP contribution in [0, 0.1) is 0 Å². The Kier molecular flexibility index (Phi) is 4.00. The molecule has 0 bridgehead atoms. The average molecular weight is 335 g/mol. The minimum Gasteiger partial charge on any atom is -0.493 e. The van der Waals surface area contributed by atoms with Crippen LogP contribution in [0.5, 0.6) is 5.75 Å². The van der Waals surface area contributed by atoms with Gasteiger partial charge < -0.3 is 19.7 Å². The number of carbonyl (C=O) groups is 2. The number of nitrogens with one attached hydrogen (secondary N) is 1. The summed E-state index contributed by atoms with van der Waals surface area (Å²) in [6.45, 7) is 0.588. The third kappa shape index (κ3) is 3.03.